The quantitative estimate of drug-likeness (QED) is 0.544. The monoisotopic (exact) mass is 405 g/mol. The number of benzene rings is 2. The third-order valence-corrected chi connectivity index (χ3v) is 5.10. The molecule has 2 N–H and O–H groups in total. The van der Waals surface area contributed by atoms with E-state index in [1.54, 1.807) is 7.11 Å². The highest BCUT2D eigenvalue weighted by Gasteiger charge is 2.14. The number of piperazine rings is 1. The Bertz CT molecular complexity index is 908. The first-order valence-electron chi connectivity index (χ1n) is 9.90. The molecule has 1 fully saturated rings. The second-order valence-electron chi connectivity index (χ2n) is 7.18. The van der Waals surface area contributed by atoms with E-state index in [0.717, 1.165) is 43.2 Å². The lowest BCUT2D eigenvalue weighted by Gasteiger charge is -2.34. The van der Waals surface area contributed by atoms with Crippen LogP contribution in [0.1, 0.15) is 5.56 Å². The lowest BCUT2D eigenvalue weighted by molar-refractivity contribution is -0.117. The van der Waals surface area contributed by atoms with E-state index in [9.17, 15) is 10.1 Å². The van der Waals surface area contributed by atoms with Crippen LogP contribution in [0.25, 0.3) is 0 Å². The zero-order valence-electron chi connectivity index (χ0n) is 17.4. The fourth-order valence-corrected chi connectivity index (χ4v) is 3.16. The summed E-state index contributed by atoms with van der Waals surface area (Å²) in [5, 5.41) is 15.1. The molecule has 0 unspecified atom stereocenters. The van der Waals surface area contributed by atoms with E-state index in [1.807, 2.05) is 42.5 Å². The van der Waals surface area contributed by atoms with Crippen molar-refractivity contribution in [3.8, 4) is 11.8 Å². The van der Waals surface area contributed by atoms with Crippen molar-refractivity contribution >= 4 is 17.3 Å². The van der Waals surface area contributed by atoms with Crippen LogP contribution in [-0.4, -0.2) is 51.1 Å². The van der Waals surface area contributed by atoms with Gasteiger partial charge in [-0.3, -0.25) is 4.79 Å². The fourth-order valence-electron chi connectivity index (χ4n) is 3.16. The zero-order chi connectivity index (χ0) is 21.3. The Morgan fingerprint density at radius 3 is 2.37 bits per heavy atom. The first kappa shape index (κ1) is 21.2. The number of amides is 1. The van der Waals surface area contributed by atoms with E-state index >= 15 is 0 Å². The number of likely N-dealkylation sites (N-methyl/N-ethyl adjacent to an activating group) is 1. The van der Waals surface area contributed by atoms with Gasteiger partial charge in [0.2, 0.25) is 0 Å². The SMILES string of the molecule is COc1ccc(CNC(=O)/C(C#N)=C\Nc2ccc(N3CCN(C)CC3)cc2)cc1. The topological polar surface area (TPSA) is 80.6 Å². The van der Waals surface area contributed by atoms with Gasteiger partial charge in [-0.05, 0) is 49.0 Å². The van der Waals surface area contributed by atoms with Gasteiger partial charge in [0.15, 0.2) is 0 Å². The van der Waals surface area contributed by atoms with Gasteiger partial charge in [-0.1, -0.05) is 12.1 Å². The Labute approximate surface area is 177 Å². The van der Waals surface area contributed by atoms with Crippen LogP contribution in [0, 0.1) is 11.3 Å². The predicted molar refractivity (Wildman–Crippen MR) is 118 cm³/mol. The maximum Gasteiger partial charge on any atom is 0.263 e. The summed E-state index contributed by atoms with van der Waals surface area (Å²) >= 11 is 0. The fraction of sp³-hybridized carbons (Fsp3) is 0.304. The van der Waals surface area contributed by atoms with Crippen LogP contribution in [0.3, 0.4) is 0 Å². The zero-order valence-corrected chi connectivity index (χ0v) is 17.4. The second kappa shape index (κ2) is 10.3. The van der Waals surface area contributed by atoms with Gasteiger partial charge in [-0.25, -0.2) is 0 Å². The van der Waals surface area contributed by atoms with E-state index in [4.69, 9.17) is 4.74 Å². The summed E-state index contributed by atoms with van der Waals surface area (Å²) in [6.07, 6.45) is 1.44. The molecule has 1 aliphatic rings. The number of nitrogens with zero attached hydrogens (tertiary/aromatic N) is 3. The number of nitriles is 1. The summed E-state index contributed by atoms with van der Waals surface area (Å²) in [6, 6.07) is 17.4. The first-order chi connectivity index (χ1) is 14.6. The number of ether oxygens (including phenoxy) is 1. The van der Waals surface area contributed by atoms with Gasteiger partial charge >= 0.3 is 0 Å². The molecule has 0 radical (unpaired) electrons. The number of carbonyl (C=O) groups is 1. The molecule has 0 saturated carbocycles. The molecule has 156 valence electrons. The molecule has 1 saturated heterocycles. The Balaban J connectivity index is 1.53. The summed E-state index contributed by atoms with van der Waals surface area (Å²) in [7, 11) is 3.74. The largest absolute Gasteiger partial charge is 0.497 e. The molecule has 0 bridgehead atoms. The molecule has 30 heavy (non-hydrogen) atoms. The van der Waals surface area contributed by atoms with Crippen molar-refractivity contribution in [1.82, 2.24) is 10.2 Å². The van der Waals surface area contributed by atoms with Crippen molar-refractivity contribution in [3.05, 3.63) is 65.9 Å². The lowest BCUT2D eigenvalue weighted by Crippen LogP contribution is -2.44. The van der Waals surface area contributed by atoms with E-state index in [0.29, 0.717) is 6.54 Å². The number of nitrogens with one attached hydrogen (secondary N) is 2. The number of carbonyl (C=O) groups excluding carboxylic acids is 1. The maximum absolute atomic E-state index is 12.3. The van der Waals surface area contributed by atoms with Crippen LogP contribution in [0.4, 0.5) is 11.4 Å². The van der Waals surface area contributed by atoms with Crippen molar-refractivity contribution in [2.24, 2.45) is 0 Å². The number of anilines is 2. The molecule has 0 aromatic heterocycles. The second-order valence-corrected chi connectivity index (χ2v) is 7.18. The molecular formula is C23H27N5O2. The minimum atomic E-state index is -0.421. The first-order valence-corrected chi connectivity index (χ1v) is 9.90. The summed E-state index contributed by atoms with van der Waals surface area (Å²) < 4.78 is 5.12. The third kappa shape index (κ3) is 5.75. The highest BCUT2D eigenvalue weighted by atomic mass is 16.5. The molecule has 2 aromatic carbocycles. The standard InChI is InChI=1S/C23H27N5O2/c1-27-11-13-28(14-12-27)21-7-5-20(6-8-21)25-17-19(15-24)23(29)26-16-18-3-9-22(30-2)10-4-18/h3-10,17,25H,11-14,16H2,1-2H3,(H,26,29)/b19-17-. The van der Waals surface area contributed by atoms with Crippen LogP contribution in [-0.2, 0) is 11.3 Å². The summed E-state index contributed by atoms with van der Waals surface area (Å²) in [4.78, 5) is 17.0. The van der Waals surface area contributed by atoms with Gasteiger partial charge in [-0.2, -0.15) is 5.26 Å². The minimum Gasteiger partial charge on any atom is -0.497 e. The number of rotatable bonds is 7. The molecule has 7 heteroatoms. The van der Waals surface area contributed by atoms with Crippen molar-refractivity contribution in [1.29, 1.82) is 5.26 Å². The lowest BCUT2D eigenvalue weighted by atomic mass is 10.2. The van der Waals surface area contributed by atoms with Gasteiger partial charge in [0.05, 0.1) is 7.11 Å². The summed E-state index contributed by atoms with van der Waals surface area (Å²) in [5.41, 5.74) is 2.94. The Hall–Kier alpha value is -3.50. The Morgan fingerprint density at radius 2 is 1.77 bits per heavy atom. The van der Waals surface area contributed by atoms with Crippen LogP contribution < -0.4 is 20.3 Å². The number of hydrogen-bond acceptors (Lipinski definition) is 6. The number of methoxy groups -OCH3 is 1. The molecular weight excluding hydrogens is 378 g/mol. The van der Waals surface area contributed by atoms with Gasteiger partial charge < -0.3 is 25.2 Å². The molecule has 3 rings (SSSR count). The van der Waals surface area contributed by atoms with Crippen LogP contribution in [0.15, 0.2) is 60.3 Å². The van der Waals surface area contributed by atoms with Crippen molar-refractivity contribution < 1.29 is 9.53 Å². The van der Waals surface area contributed by atoms with Gasteiger partial charge in [-0.15, -0.1) is 0 Å². The molecule has 0 atom stereocenters. The number of hydrogen-bond donors (Lipinski definition) is 2. The highest BCUT2D eigenvalue weighted by molar-refractivity contribution is 5.97. The highest BCUT2D eigenvalue weighted by Crippen LogP contribution is 2.19. The molecule has 1 aliphatic heterocycles. The molecule has 1 amide bonds. The third-order valence-electron chi connectivity index (χ3n) is 5.10. The minimum absolute atomic E-state index is 0.0201. The van der Waals surface area contributed by atoms with Gasteiger partial charge in [0, 0.05) is 50.3 Å². The smallest absolute Gasteiger partial charge is 0.263 e. The Morgan fingerprint density at radius 1 is 1.10 bits per heavy atom. The molecule has 0 spiro atoms. The normalized spacial score (nSPS) is 14.7. The summed E-state index contributed by atoms with van der Waals surface area (Å²) in [5.74, 6) is 0.334. The molecule has 0 aliphatic carbocycles. The van der Waals surface area contributed by atoms with Crippen molar-refractivity contribution in [2.45, 2.75) is 6.54 Å². The van der Waals surface area contributed by atoms with E-state index in [1.165, 1.54) is 11.9 Å². The molecule has 7 nitrogen and oxygen atoms in total. The van der Waals surface area contributed by atoms with Gasteiger partial charge in [0.1, 0.15) is 17.4 Å². The van der Waals surface area contributed by atoms with E-state index in [-0.39, 0.29) is 5.57 Å². The average Bonchev–Trinajstić information content (AvgIpc) is 2.79. The van der Waals surface area contributed by atoms with E-state index < -0.39 is 5.91 Å². The van der Waals surface area contributed by atoms with Crippen molar-refractivity contribution in [2.75, 3.05) is 50.6 Å². The van der Waals surface area contributed by atoms with Crippen molar-refractivity contribution in [3.63, 3.8) is 0 Å². The summed E-state index contributed by atoms with van der Waals surface area (Å²) in [6.45, 7) is 4.47. The van der Waals surface area contributed by atoms with Crippen LogP contribution in [0.2, 0.25) is 0 Å². The van der Waals surface area contributed by atoms with E-state index in [2.05, 4.69) is 39.6 Å². The van der Waals surface area contributed by atoms with Crippen LogP contribution >= 0.6 is 0 Å². The maximum atomic E-state index is 12.3. The van der Waals surface area contributed by atoms with Gasteiger partial charge in [0.25, 0.3) is 5.91 Å². The molecule has 1 heterocycles. The Kier molecular flexibility index (Phi) is 7.30. The van der Waals surface area contributed by atoms with Crippen LogP contribution in [0.5, 0.6) is 5.75 Å². The molecule has 2 aromatic rings. The average molecular weight is 406 g/mol. The predicted octanol–water partition coefficient (Wildman–Crippen LogP) is 2.58.